The summed E-state index contributed by atoms with van der Waals surface area (Å²) in [5.41, 5.74) is 0. The number of alkyl halides is 2. The standard InChI is InChI=1S/C6H8F2O/c7-6(8)5-3-1-2-4-9-5/h2,4-6H,1,3H2. The summed E-state index contributed by atoms with van der Waals surface area (Å²) in [6.45, 7) is 0. The summed E-state index contributed by atoms with van der Waals surface area (Å²) in [5.74, 6) is 0. The van der Waals surface area contributed by atoms with E-state index >= 15 is 0 Å². The second-order valence-corrected chi connectivity index (χ2v) is 1.96. The van der Waals surface area contributed by atoms with Crippen LogP contribution < -0.4 is 0 Å². The predicted octanol–water partition coefficient (Wildman–Crippen LogP) is 1.94. The van der Waals surface area contributed by atoms with Gasteiger partial charge in [0.05, 0.1) is 6.26 Å². The zero-order chi connectivity index (χ0) is 6.69. The molecule has 0 radical (unpaired) electrons. The molecule has 0 fully saturated rings. The van der Waals surface area contributed by atoms with Crippen LogP contribution in [0.5, 0.6) is 0 Å². The molecule has 0 aromatic carbocycles. The zero-order valence-corrected chi connectivity index (χ0v) is 4.89. The van der Waals surface area contributed by atoms with Gasteiger partial charge in [-0.3, -0.25) is 0 Å². The molecule has 0 saturated carbocycles. The highest BCUT2D eigenvalue weighted by molar-refractivity contribution is 4.82. The first-order valence-corrected chi connectivity index (χ1v) is 2.89. The number of ether oxygens (including phenoxy) is 1. The quantitative estimate of drug-likeness (QED) is 0.532. The van der Waals surface area contributed by atoms with E-state index in [4.69, 9.17) is 0 Å². The molecule has 1 rings (SSSR count). The van der Waals surface area contributed by atoms with Gasteiger partial charge in [-0.15, -0.1) is 0 Å². The van der Waals surface area contributed by atoms with Crippen LogP contribution in [-0.2, 0) is 4.74 Å². The average Bonchev–Trinajstić information content (AvgIpc) is 1.90. The van der Waals surface area contributed by atoms with Gasteiger partial charge in [-0.2, -0.15) is 0 Å². The zero-order valence-electron chi connectivity index (χ0n) is 4.89. The van der Waals surface area contributed by atoms with Gasteiger partial charge < -0.3 is 4.74 Å². The Balaban J connectivity index is 2.35. The summed E-state index contributed by atoms with van der Waals surface area (Å²) in [7, 11) is 0. The molecule has 0 aromatic rings. The highest BCUT2D eigenvalue weighted by Crippen LogP contribution is 2.16. The lowest BCUT2D eigenvalue weighted by molar-refractivity contribution is -0.0231. The van der Waals surface area contributed by atoms with Crippen LogP contribution >= 0.6 is 0 Å². The SMILES string of the molecule is FC(F)C1CCC=CO1. The van der Waals surface area contributed by atoms with E-state index in [9.17, 15) is 8.78 Å². The van der Waals surface area contributed by atoms with E-state index in [1.165, 1.54) is 6.26 Å². The Morgan fingerprint density at radius 2 is 2.33 bits per heavy atom. The maximum Gasteiger partial charge on any atom is 0.274 e. The number of hydrogen-bond donors (Lipinski definition) is 0. The van der Waals surface area contributed by atoms with Crippen molar-refractivity contribution in [2.45, 2.75) is 25.4 Å². The molecular weight excluding hydrogens is 126 g/mol. The molecule has 52 valence electrons. The van der Waals surface area contributed by atoms with E-state index < -0.39 is 12.5 Å². The molecule has 0 amide bonds. The minimum atomic E-state index is -2.34. The molecule has 0 aromatic heterocycles. The molecule has 0 saturated heterocycles. The molecule has 0 spiro atoms. The molecule has 0 bridgehead atoms. The van der Waals surface area contributed by atoms with Crippen molar-refractivity contribution >= 4 is 0 Å². The van der Waals surface area contributed by atoms with Crippen molar-refractivity contribution in [1.29, 1.82) is 0 Å². The maximum atomic E-state index is 11.8. The minimum Gasteiger partial charge on any atom is -0.492 e. The van der Waals surface area contributed by atoms with Gasteiger partial charge in [-0.25, -0.2) is 8.78 Å². The second-order valence-electron chi connectivity index (χ2n) is 1.96. The number of halogens is 2. The summed E-state index contributed by atoms with van der Waals surface area (Å²) in [5, 5.41) is 0. The number of allylic oxidation sites excluding steroid dienone is 1. The Hall–Kier alpha value is -0.600. The molecule has 0 aliphatic carbocycles. The lowest BCUT2D eigenvalue weighted by Gasteiger charge is -2.17. The van der Waals surface area contributed by atoms with Crippen LogP contribution in [-0.4, -0.2) is 12.5 Å². The fourth-order valence-corrected chi connectivity index (χ4v) is 0.738. The van der Waals surface area contributed by atoms with Crippen molar-refractivity contribution in [3.8, 4) is 0 Å². The largest absolute Gasteiger partial charge is 0.492 e. The van der Waals surface area contributed by atoms with Gasteiger partial charge in [0.15, 0.2) is 6.10 Å². The molecule has 1 heterocycles. The minimum absolute atomic E-state index is 0.439. The van der Waals surface area contributed by atoms with Crippen LogP contribution in [0.3, 0.4) is 0 Å². The molecule has 1 nitrogen and oxygen atoms in total. The van der Waals surface area contributed by atoms with Gasteiger partial charge in [0, 0.05) is 0 Å². The van der Waals surface area contributed by atoms with Gasteiger partial charge in [0.2, 0.25) is 0 Å². The summed E-state index contributed by atoms with van der Waals surface area (Å²) < 4.78 is 28.1. The van der Waals surface area contributed by atoms with Crippen molar-refractivity contribution in [2.24, 2.45) is 0 Å². The summed E-state index contributed by atoms with van der Waals surface area (Å²) in [6, 6.07) is 0. The van der Waals surface area contributed by atoms with Crippen molar-refractivity contribution < 1.29 is 13.5 Å². The number of hydrogen-bond acceptors (Lipinski definition) is 1. The van der Waals surface area contributed by atoms with Gasteiger partial charge in [0.25, 0.3) is 6.43 Å². The van der Waals surface area contributed by atoms with Gasteiger partial charge in [0.1, 0.15) is 0 Å². The van der Waals surface area contributed by atoms with E-state index in [0.29, 0.717) is 12.8 Å². The van der Waals surface area contributed by atoms with E-state index in [1.807, 2.05) is 0 Å². The molecule has 1 aliphatic rings. The van der Waals surface area contributed by atoms with E-state index in [0.717, 1.165) is 0 Å². The Morgan fingerprint density at radius 1 is 1.56 bits per heavy atom. The van der Waals surface area contributed by atoms with Crippen molar-refractivity contribution in [2.75, 3.05) is 0 Å². The van der Waals surface area contributed by atoms with E-state index in [-0.39, 0.29) is 0 Å². The fourth-order valence-electron chi connectivity index (χ4n) is 0.738. The highest BCUT2D eigenvalue weighted by atomic mass is 19.3. The third-order valence-corrected chi connectivity index (χ3v) is 1.25. The van der Waals surface area contributed by atoms with Crippen LogP contribution in [0.25, 0.3) is 0 Å². The predicted molar refractivity (Wildman–Crippen MR) is 29.3 cm³/mol. The molecule has 3 heteroatoms. The number of rotatable bonds is 1. The molecule has 9 heavy (non-hydrogen) atoms. The molecule has 1 aliphatic heterocycles. The monoisotopic (exact) mass is 134 g/mol. The Morgan fingerprint density at radius 3 is 2.67 bits per heavy atom. The third kappa shape index (κ3) is 1.66. The first kappa shape index (κ1) is 6.52. The van der Waals surface area contributed by atoms with E-state index in [2.05, 4.69) is 4.74 Å². The Labute approximate surface area is 52.3 Å². The summed E-state index contributed by atoms with van der Waals surface area (Å²) >= 11 is 0. The lowest BCUT2D eigenvalue weighted by atomic mass is 10.2. The van der Waals surface area contributed by atoms with Gasteiger partial charge in [-0.1, -0.05) is 0 Å². The van der Waals surface area contributed by atoms with Crippen molar-refractivity contribution in [1.82, 2.24) is 0 Å². The van der Waals surface area contributed by atoms with Crippen molar-refractivity contribution in [3.05, 3.63) is 12.3 Å². The van der Waals surface area contributed by atoms with E-state index in [1.54, 1.807) is 6.08 Å². The first-order chi connectivity index (χ1) is 4.30. The highest BCUT2D eigenvalue weighted by Gasteiger charge is 2.21. The van der Waals surface area contributed by atoms with Crippen LogP contribution in [0.2, 0.25) is 0 Å². The van der Waals surface area contributed by atoms with Crippen LogP contribution in [0.1, 0.15) is 12.8 Å². The van der Waals surface area contributed by atoms with Crippen molar-refractivity contribution in [3.63, 3.8) is 0 Å². The Bertz CT molecular complexity index is 112. The van der Waals surface area contributed by atoms with Crippen LogP contribution in [0, 0.1) is 0 Å². The average molecular weight is 134 g/mol. The first-order valence-electron chi connectivity index (χ1n) is 2.89. The van der Waals surface area contributed by atoms with Crippen LogP contribution in [0.4, 0.5) is 8.78 Å². The smallest absolute Gasteiger partial charge is 0.274 e. The third-order valence-electron chi connectivity index (χ3n) is 1.25. The molecule has 0 N–H and O–H groups in total. The second kappa shape index (κ2) is 2.80. The summed E-state index contributed by atoms with van der Waals surface area (Å²) in [6.07, 6.45) is 1.03. The lowest BCUT2D eigenvalue weighted by Crippen LogP contribution is -2.21. The van der Waals surface area contributed by atoms with Crippen LogP contribution in [0.15, 0.2) is 12.3 Å². The topological polar surface area (TPSA) is 9.23 Å². The fraction of sp³-hybridized carbons (Fsp3) is 0.667. The molecular formula is C6H8F2O. The summed E-state index contributed by atoms with van der Waals surface area (Å²) in [4.78, 5) is 0. The van der Waals surface area contributed by atoms with Gasteiger partial charge >= 0.3 is 0 Å². The molecule has 1 unspecified atom stereocenters. The molecule has 1 atom stereocenters. The normalized spacial score (nSPS) is 26.3. The van der Waals surface area contributed by atoms with Gasteiger partial charge in [-0.05, 0) is 18.9 Å². The Kier molecular flexibility index (Phi) is 2.03. The maximum absolute atomic E-state index is 11.8.